The highest BCUT2D eigenvalue weighted by molar-refractivity contribution is 5.45. The van der Waals surface area contributed by atoms with Crippen molar-refractivity contribution in [1.82, 2.24) is 5.32 Å². The number of phenolic OH excluding ortho intramolecular Hbond substituents is 1. The van der Waals surface area contributed by atoms with E-state index in [0.717, 1.165) is 11.5 Å². The quantitative estimate of drug-likeness (QED) is 0.829. The van der Waals surface area contributed by atoms with Crippen LogP contribution >= 0.6 is 0 Å². The molecule has 2 rings (SSSR count). The Hall–Kier alpha value is -1.22. The number of para-hydroxylation sites is 1. The molecule has 1 aromatic rings. The van der Waals surface area contributed by atoms with E-state index in [2.05, 4.69) is 19.2 Å². The molecule has 0 amide bonds. The molecule has 0 heterocycles. The van der Waals surface area contributed by atoms with E-state index < -0.39 is 0 Å². The fourth-order valence-corrected chi connectivity index (χ4v) is 3.43. The van der Waals surface area contributed by atoms with Crippen LogP contribution in [0.3, 0.4) is 0 Å². The number of aromatic hydroxyl groups is 1. The number of rotatable bonds is 6. The maximum atomic E-state index is 10.3. The summed E-state index contributed by atoms with van der Waals surface area (Å²) in [4.78, 5) is 0. The zero-order chi connectivity index (χ0) is 15.2. The third-order valence-corrected chi connectivity index (χ3v) is 4.61. The van der Waals surface area contributed by atoms with E-state index in [1.165, 1.54) is 25.7 Å². The number of hydrogen-bond acceptors (Lipinski definition) is 3. The molecular formula is C18H29NO2. The van der Waals surface area contributed by atoms with Crippen molar-refractivity contribution in [3.05, 3.63) is 23.8 Å². The molecule has 0 bridgehead atoms. The van der Waals surface area contributed by atoms with E-state index in [1.54, 1.807) is 0 Å². The van der Waals surface area contributed by atoms with Crippen LogP contribution in [0.5, 0.6) is 11.5 Å². The Morgan fingerprint density at radius 1 is 1.29 bits per heavy atom. The van der Waals surface area contributed by atoms with Gasteiger partial charge in [0.1, 0.15) is 0 Å². The van der Waals surface area contributed by atoms with Gasteiger partial charge in [0.15, 0.2) is 11.5 Å². The van der Waals surface area contributed by atoms with Crippen LogP contribution in [0.2, 0.25) is 0 Å². The minimum atomic E-state index is 0.281. The van der Waals surface area contributed by atoms with Gasteiger partial charge in [-0.1, -0.05) is 38.8 Å². The first-order valence-corrected chi connectivity index (χ1v) is 8.30. The molecule has 1 aliphatic carbocycles. The molecule has 1 aromatic carbocycles. The number of phenols is 1. The number of hydrogen-bond donors (Lipinski definition) is 2. The minimum Gasteiger partial charge on any atom is -0.504 e. The Labute approximate surface area is 128 Å². The normalized spacial score (nSPS) is 22.5. The molecule has 118 valence electrons. The number of nitrogens with one attached hydrogen (secondary N) is 1. The molecule has 0 saturated heterocycles. The van der Waals surface area contributed by atoms with Crippen molar-refractivity contribution in [1.29, 1.82) is 0 Å². The maximum absolute atomic E-state index is 10.3. The average molecular weight is 291 g/mol. The Kier molecular flexibility index (Phi) is 5.92. The second kappa shape index (κ2) is 7.69. The highest BCUT2D eigenvalue weighted by Crippen LogP contribution is 2.32. The topological polar surface area (TPSA) is 41.5 Å². The molecule has 2 unspecified atom stereocenters. The van der Waals surface area contributed by atoms with Crippen LogP contribution in [0.25, 0.3) is 0 Å². The summed E-state index contributed by atoms with van der Waals surface area (Å²) < 4.78 is 5.45. The van der Waals surface area contributed by atoms with E-state index in [0.29, 0.717) is 30.9 Å². The zero-order valence-corrected chi connectivity index (χ0v) is 13.6. The van der Waals surface area contributed by atoms with Crippen molar-refractivity contribution in [2.45, 2.75) is 59.0 Å². The molecule has 0 radical (unpaired) electrons. The third kappa shape index (κ3) is 4.13. The molecule has 0 spiro atoms. The highest BCUT2D eigenvalue weighted by atomic mass is 16.5. The van der Waals surface area contributed by atoms with Gasteiger partial charge in [0.05, 0.1) is 6.61 Å². The van der Waals surface area contributed by atoms with Crippen molar-refractivity contribution < 1.29 is 9.84 Å². The van der Waals surface area contributed by atoms with Gasteiger partial charge in [-0.15, -0.1) is 0 Å². The van der Waals surface area contributed by atoms with E-state index in [9.17, 15) is 5.11 Å². The standard InChI is InChI=1S/C18H29NO2/c1-4-21-17-11-7-8-14(18(17)20)12-19-16-10-6-5-9-15(16)13(2)3/h7-8,11,13,15-16,19-20H,4-6,9-10,12H2,1-3H3. The Morgan fingerprint density at radius 3 is 2.76 bits per heavy atom. The predicted octanol–water partition coefficient (Wildman–Crippen LogP) is 4.10. The number of benzene rings is 1. The molecule has 2 atom stereocenters. The first-order chi connectivity index (χ1) is 10.1. The van der Waals surface area contributed by atoms with Gasteiger partial charge in [0.25, 0.3) is 0 Å². The van der Waals surface area contributed by atoms with Gasteiger partial charge in [-0.05, 0) is 37.7 Å². The molecule has 3 heteroatoms. The monoisotopic (exact) mass is 291 g/mol. The van der Waals surface area contributed by atoms with Crippen LogP contribution < -0.4 is 10.1 Å². The van der Waals surface area contributed by atoms with Gasteiger partial charge in [0, 0.05) is 18.2 Å². The van der Waals surface area contributed by atoms with Gasteiger partial charge >= 0.3 is 0 Å². The molecule has 21 heavy (non-hydrogen) atoms. The lowest BCUT2D eigenvalue weighted by molar-refractivity contribution is 0.204. The molecule has 0 aliphatic heterocycles. The minimum absolute atomic E-state index is 0.281. The van der Waals surface area contributed by atoms with Crippen molar-refractivity contribution in [2.24, 2.45) is 11.8 Å². The maximum Gasteiger partial charge on any atom is 0.162 e. The first-order valence-electron chi connectivity index (χ1n) is 8.30. The average Bonchev–Trinajstić information content (AvgIpc) is 2.48. The lowest BCUT2D eigenvalue weighted by Crippen LogP contribution is -2.40. The van der Waals surface area contributed by atoms with Crippen LogP contribution in [0.15, 0.2) is 18.2 Å². The van der Waals surface area contributed by atoms with E-state index >= 15 is 0 Å². The summed E-state index contributed by atoms with van der Waals surface area (Å²) in [6.07, 6.45) is 5.23. The molecule has 1 aliphatic rings. The van der Waals surface area contributed by atoms with Crippen LogP contribution in [0.1, 0.15) is 52.0 Å². The summed E-state index contributed by atoms with van der Waals surface area (Å²) in [6.45, 7) is 7.85. The lowest BCUT2D eigenvalue weighted by atomic mass is 9.78. The van der Waals surface area contributed by atoms with Crippen molar-refractivity contribution in [2.75, 3.05) is 6.61 Å². The Balaban J connectivity index is 2.00. The summed E-state index contributed by atoms with van der Waals surface area (Å²) in [5.74, 6) is 2.33. The number of ether oxygens (including phenoxy) is 1. The van der Waals surface area contributed by atoms with Gasteiger partial charge in [-0.2, -0.15) is 0 Å². The molecule has 2 N–H and O–H groups in total. The molecule has 0 aromatic heterocycles. The van der Waals surface area contributed by atoms with Gasteiger partial charge < -0.3 is 15.2 Å². The van der Waals surface area contributed by atoms with Gasteiger partial charge in [-0.25, -0.2) is 0 Å². The summed E-state index contributed by atoms with van der Waals surface area (Å²) >= 11 is 0. The van der Waals surface area contributed by atoms with Crippen LogP contribution in [0.4, 0.5) is 0 Å². The van der Waals surface area contributed by atoms with E-state index in [-0.39, 0.29) is 5.75 Å². The SMILES string of the molecule is CCOc1cccc(CNC2CCCCC2C(C)C)c1O. The second-order valence-corrected chi connectivity index (χ2v) is 6.38. The second-order valence-electron chi connectivity index (χ2n) is 6.38. The Bertz CT molecular complexity index is 445. The fraction of sp³-hybridized carbons (Fsp3) is 0.667. The summed E-state index contributed by atoms with van der Waals surface area (Å²) in [7, 11) is 0. The third-order valence-electron chi connectivity index (χ3n) is 4.61. The first kappa shape index (κ1) is 16.2. The summed E-state index contributed by atoms with van der Waals surface area (Å²) in [5, 5.41) is 13.9. The summed E-state index contributed by atoms with van der Waals surface area (Å²) in [5.41, 5.74) is 0.925. The van der Waals surface area contributed by atoms with Gasteiger partial charge in [0.2, 0.25) is 0 Å². The molecule has 3 nitrogen and oxygen atoms in total. The molecular weight excluding hydrogens is 262 g/mol. The fourth-order valence-electron chi connectivity index (χ4n) is 3.43. The largest absolute Gasteiger partial charge is 0.504 e. The Morgan fingerprint density at radius 2 is 2.05 bits per heavy atom. The van der Waals surface area contributed by atoms with E-state index in [1.807, 2.05) is 25.1 Å². The van der Waals surface area contributed by atoms with Gasteiger partial charge in [-0.3, -0.25) is 0 Å². The smallest absolute Gasteiger partial charge is 0.162 e. The van der Waals surface area contributed by atoms with Crippen LogP contribution in [-0.2, 0) is 6.54 Å². The van der Waals surface area contributed by atoms with Crippen molar-refractivity contribution in [3.8, 4) is 11.5 Å². The molecule has 1 fully saturated rings. The summed E-state index contributed by atoms with van der Waals surface area (Å²) in [6, 6.07) is 6.30. The zero-order valence-electron chi connectivity index (χ0n) is 13.6. The molecule has 1 saturated carbocycles. The highest BCUT2D eigenvalue weighted by Gasteiger charge is 2.27. The lowest BCUT2D eigenvalue weighted by Gasteiger charge is -2.35. The van der Waals surface area contributed by atoms with Crippen molar-refractivity contribution >= 4 is 0 Å². The van der Waals surface area contributed by atoms with E-state index in [4.69, 9.17) is 4.74 Å². The predicted molar refractivity (Wildman–Crippen MR) is 86.7 cm³/mol. The van der Waals surface area contributed by atoms with Crippen molar-refractivity contribution in [3.63, 3.8) is 0 Å². The van der Waals surface area contributed by atoms with Crippen LogP contribution in [-0.4, -0.2) is 17.8 Å². The van der Waals surface area contributed by atoms with Crippen LogP contribution in [0, 0.1) is 11.8 Å².